The zero-order valence-corrected chi connectivity index (χ0v) is 13.3. The third kappa shape index (κ3) is 5.67. The number of nitrogens with one attached hydrogen (secondary N) is 2. The van der Waals surface area contributed by atoms with Gasteiger partial charge in [0.25, 0.3) is 5.91 Å². The van der Waals surface area contributed by atoms with E-state index in [1.54, 1.807) is 18.3 Å². The summed E-state index contributed by atoms with van der Waals surface area (Å²) in [7, 11) is 4.05. The van der Waals surface area contributed by atoms with Crippen molar-refractivity contribution in [3.63, 3.8) is 0 Å². The first-order chi connectivity index (χ1) is 11.0. The summed E-state index contributed by atoms with van der Waals surface area (Å²) in [5.74, 6) is 0.0713. The van der Waals surface area contributed by atoms with E-state index in [9.17, 15) is 9.18 Å². The molecule has 2 rings (SSSR count). The number of benzene rings is 1. The van der Waals surface area contributed by atoms with Crippen molar-refractivity contribution in [3.05, 3.63) is 54.0 Å². The molecule has 1 aromatic heterocycles. The van der Waals surface area contributed by atoms with Gasteiger partial charge in [-0.3, -0.25) is 4.79 Å². The van der Waals surface area contributed by atoms with Crippen LogP contribution in [0.1, 0.15) is 16.8 Å². The number of halogens is 1. The molecular weight excluding hydrogens is 295 g/mol. The lowest BCUT2D eigenvalue weighted by atomic mass is 10.2. The van der Waals surface area contributed by atoms with E-state index in [0.29, 0.717) is 17.1 Å². The minimum Gasteiger partial charge on any atom is -0.370 e. The Hall–Kier alpha value is -2.47. The van der Waals surface area contributed by atoms with E-state index in [1.165, 1.54) is 24.3 Å². The number of nitrogens with zero attached hydrogens (tertiary/aromatic N) is 2. The monoisotopic (exact) mass is 316 g/mol. The van der Waals surface area contributed by atoms with Crippen LogP contribution in [-0.4, -0.2) is 43.0 Å². The molecule has 0 atom stereocenters. The van der Waals surface area contributed by atoms with Crippen LogP contribution < -0.4 is 10.6 Å². The molecule has 1 heterocycles. The number of rotatable bonds is 7. The van der Waals surface area contributed by atoms with E-state index < -0.39 is 0 Å². The molecule has 2 N–H and O–H groups in total. The smallest absolute Gasteiger partial charge is 0.255 e. The standard InChI is InChI=1S/C17H21FN4O/c1-22(2)11-3-9-19-16-12-13(8-10-20-16)17(23)21-15-6-4-14(18)5-7-15/h4-8,10,12H,3,9,11H2,1-2H3,(H,19,20)(H,21,23). The van der Waals surface area contributed by atoms with Crippen molar-refractivity contribution in [2.24, 2.45) is 0 Å². The Morgan fingerprint density at radius 1 is 1.22 bits per heavy atom. The molecule has 1 amide bonds. The maximum Gasteiger partial charge on any atom is 0.255 e. The summed E-state index contributed by atoms with van der Waals surface area (Å²) in [6.07, 6.45) is 2.58. The first-order valence-electron chi connectivity index (χ1n) is 7.46. The normalized spacial score (nSPS) is 10.6. The van der Waals surface area contributed by atoms with Crippen LogP contribution in [0.2, 0.25) is 0 Å². The summed E-state index contributed by atoms with van der Waals surface area (Å²) in [4.78, 5) is 18.5. The third-order valence-corrected chi connectivity index (χ3v) is 3.21. The lowest BCUT2D eigenvalue weighted by Gasteiger charge is -2.11. The van der Waals surface area contributed by atoms with Crippen LogP contribution in [0.15, 0.2) is 42.6 Å². The Balaban J connectivity index is 1.92. The molecule has 122 valence electrons. The van der Waals surface area contributed by atoms with E-state index in [4.69, 9.17) is 0 Å². The average Bonchev–Trinajstić information content (AvgIpc) is 2.54. The molecule has 0 aliphatic heterocycles. The quantitative estimate of drug-likeness (QED) is 0.771. The Bertz CT molecular complexity index is 643. The fourth-order valence-corrected chi connectivity index (χ4v) is 2.02. The van der Waals surface area contributed by atoms with Crippen molar-refractivity contribution in [1.82, 2.24) is 9.88 Å². The average molecular weight is 316 g/mol. The fraction of sp³-hybridized carbons (Fsp3) is 0.294. The summed E-state index contributed by atoms with van der Waals surface area (Å²) in [6.45, 7) is 1.77. The van der Waals surface area contributed by atoms with Crippen molar-refractivity contribution in [2.45, 2.75) is 6.42 Å². The number of hydrogen-bond acceptors (Lipinski definition) is 4. The second kappa shape index (κ2) is 8.24. The zero-order chi connectivity index (χ0) is 16.7. The van der Waals surface area contributed by atoms with Gasteiger partial charge < -0.3 is 15.5 Å². The molecule has 0 radical (unpaired) electrons. The van der Waals surface area contributed by atoms with Crippen LogP contribution in [0.5, 0.6) is 0 Å². The molecule has 0 aliphatic carbocycles. The number of hydrogen-bond donors (Lipinski definition) is 2. The maximum atomic E-state index is 12.9. The highest BCUT2D eigenvalue weighted by molar-refractivity contribution is 6.04. The minimum absolute atomic E-state index is 0.254. The van der Waals surface area contributed by atoms with Crippen LogP contribution in [0, 0.1) is 5.82 Å². The van der Waals surface area contributed by atoms with Crippen LogP contribution in [0.3, 0.4) is 0 Å². The summed E-state index contributed by atoms with van der Waals surface area (Å²) in [5, 5.41) is 5.93. The van der Waals surface area contributed by atoms with Crippen LogP contribution in [-0.2, 0) is 0 Å². The van der Waals surface area contributed by atoms with Crippen LogP contribution in [0.4, 0.5) is 15.9 Å². The van der Waals surface area contributed by atoms with E-state index >= 15 is 0 Å². The molecule has 23 heavy (non-hydrogen) atoms. The summed E-state index contributed by atoms with van der Waals surface area (Å²) in [6, 6.07) is 9.00. The molecule has 1 aromatic carbocycles. The van der Waals surface area contributed by atoms with Crippen molar-refractivity contribution in [2.75, 3.05) is 37.8 Å². The van der Waals surface area contributed by atoms with Gasteiger partial charge in [-0.1, -0.05) is 0 Å². The molecule has 0 saturated heterocycles. The van der Waals surface area contributed by atoms with Gasteiger partial charge in [0.2, 0.25) is 0 Å². The van der Waals surface area contributed by atoms with E-state index in [0.717, 1.165) is 19.5 Å². The van der Waals surface area contributed by atoms with E-state index in [1.807, 2.05) is 14.1 Å². The van der Waals surface area contributed by atoms with Crippen LogP contribution in [0.25, 0.3) is 0 Å². The van der Waals surface area contributed by atoms with Gasteiger partial charge in [-0.2, -0.15) is 0 Å². The van der Waals surface area contributed by atoms with Crippen molar-refractivity contribution in [1.29, 1.82) is 0 Å². The minimum atomic E-state index is -0.337. The van der Waals surface area contributed by atoms with Gasteiger partial charge in [0.15, 0.2) is 0 Å². The predicted octanol–water partition coefficient (Wildman–Crippen LogP) is 2.84. The van der Waals surface area contributed by atoms with Crippen molar-refractivity contribution < 1.29 is 9.18 Å². The third-order valence-electron chi connectivity index (χ3n) is 3.21. The molecule has 6 heteroatoms. The highest BCUT2D eigenvalue weighted by Crippen LogP contribution is 2.12. The molecule has 0 unspecified atom stereocenters. The lowest BCUT2D eigenvalue weighted by molar-refractivity contribution is 0.102. The van der Waals surface area contributed by atoms with Crippen molar-refractivity contribution >= 4 is 17.4 Å². The Kier molecular flexibility index (Phi) is 6.05. The van der Waals surface area contributed by atoms with Gasteiger partial charge in [-0.25, -0.2) is 9.37 Å². The summed E-state index contributed by atoms with van der Waals surface area (Å²) < 4.78 is 12.9. The molecular formula is C17H21FN4O. The molecule has 0 aliphatic rings. The molecule has 0 saturated carbocycles. The topological polar surface area (TPSA) is 57.3 Å². The SMILES string of the molecule is CN(C)CCCNc1cc(C(=O)Nc2ccc(F)cc2)ccn1. The van der Waals surface area contributed by atoms with E-state index in [2.05, 4.69) is 20.5 Å². The second-order valence-electron chi connectivity index (χ2n) is 5.47. The predicted molar refractivity (Wildman–Crippen MR) is 90.3 cm³/mol. The van der Waals surface area contributed by atoms with Gasteiger partial charge in [-0.15, -0.1) is 0 Å². The van der Waals surface area contributed by atoms with Crippen molar-refractivity contribution in [3.8, 4) is 0 Å². The fourth-order valence-electron chi connectivity index (χ4n) is 2.02. The molecule has 0 bridgehead atoms. The van der Waals surface area contributed by atoms with Gasteiger partial charge in [0.1, 0.15) is 11.6 Å². The summed E-state index contributed by atoms with van der Waals surface area (Å²) >= 11 is 0. The van der Waals surface area contributed by atoms with Gasteiger partial charge in [0.05, 0.1) is 0 Å². The second-order valence-corrected chi connectivity index (χ2v) is 5.47. The Morgan fingerprint density at radius 3 is 2.65 bits per heavy atom. The van der Waals surface area contributed by atoms with E-state index in [-0.39, 0.29) is 11.7 Å². The van der Waals surface area contributed by atoms with Gasteiger partial charge in [0, 0.05) is 24.0 Å². The Morgan fingerprint density at radius 2 is 1.96 bits per heavy atom. The molecule has 0 fully saturated rings. The number of amides is 1. The van der Waals surface area contributed by atoms with Gasteiger partial charge in [-0.05, 0) is 63.5 Å². The number of carbonyl (C=O) groups is 1. The zero-order valence-electron chi connectivity index (χ0n) is 13.3. The Labute approximate surface area is 135 Å². The summed E-state index contributed by atoms with van der Waals surface area (Å²) in [5.41, 5.74) is 1.05. The first-order valence-corrected chi connectivity index (χ1v) is 7.46. The van der Waals surface area contributed by atoms with Gasteiger partial charge >= 0.3 is 0 Å². The number of pyridine rings is 1. The number of carbonyl (C=O) groups excluding carboxylic acids is 1. The van der Waals surface area contributed by atoms with Crippen LogP contribution >= 0.6 is 0 Å². The lowest BCUT2D eigenvalue weighted by Crippen LogP contribution is -2.17. The largest absolute Gasteiger partial charge is 0.370 e. The highest BCUT2D eigenvalue weighted by Gasteiger charge is 2.07. The maximum absolute atomic E-state index is 12.9. The first kappa shape index (κ1) is 16.9. The highest BCUT2D eigenvalue weighted by atomic mass is 19.1. The number of aromatic nitrogens is 1. The molecule has 0 spiro atoms. The molecule has 2 aromatic rings. The molecule has 5 nitrogen and oxygen atoms in total. The number of anilines is 2.